The summed E-state index contributed by atoms with van der Waals surface area (Å²) in [6.45, 7) is 12.9. The van der Waals surface area contributed by atoms with E-state index in [4.69, 9.17) is 34.1 Å². The SMILES string of the molecule is CCOc1c(Nc2cc(C)[nH]n2)nc(Sc2ccc(NC(=O)C3CC3COc3c(NCCOC)nc(Sc4ccc(NC(=O)C5CC5)cc4)nc3Nc3cc(C)[nH]n3)cc2)nc1N1CCN(CCN(C)C)CC1. The molecule has 4 aromatic heterocycles. The van der Waals surface area contributed by atoms with E-state index in [0.29, 0.717) is 82.8 Å². The van der Waals surface area contributed by atoms with Crippen molar-refractivity contribution in [1.29, 1.82) is 0 Å². The van der Waals surface area contributed by atoms with Crippen molar-refractivity contribution in [3.8, 4) is 11.5 Å². The number of carbonyl (C=O) groups is 2. The van der Waals surface area contributed by atoms with Gasteiger partial charge in [0.1, 0.15) is 0 Å². The van der Waals surface area contributed by atoms with Crippen molar-refractivity contribution in [3.63, 3.8) is 0 Å². The van der Waals surface area contributed by atoms with E-state index < -0.39 is 0 Å². The molecule has 2 atom stereocenters. The fourth-order valence-corrected chi connectivity index (χ4v) is 9.56. The zero-order chi connectivity index (χ0) is 50.8. The van der Waals surface area contributed by atoms with Gasteiger partial charge in [-0.1, -0.05) is 0 Å². The minimum Gasteiger partial charge on any atom is -0.487 e. The molecule has 5 heterocycles. The van der Waals surface area contributed by atoms with E-state index in [0.717, 1.165) is 84.8 Å². The van der Waals surface area contributed by atoms with E-state index in [1.165, 1.54) is 23.5 Å². The number of carbonyl (C=O) groups excluding carboxylic acids is 2. The summed E-state index contributed by atoms with van der Waals surface area (Å²) in [5, 5.41) is 31.9. The first-order valence-corrected chi connectivity index (χ1v) is 26.3. The molecular formula is C50H64N16O5S2. The van der Waals surface area contributed by atoms with Crippen molar-refractivity contribution < 1.29 is 23.8 Å². The molecule has 23 heteroatoms. The molecule has 0 bridgehead atoms. The van der Waals surface area contributed by atoms with Crippen LogP contribution in [-0.2, 0) is 14.3 Å². The molecule has 0 radical (unpaired) electrons. The average Bonchev–Trinajstić information content (AvgIpc) is 4.30. The van der Waals surface area contributed by atoms with Crippen molar-refractivity contribution in [2.45, 2.75) is 60.1 Å². The molecule has 9 rings (SSSR count). The van der Waals surface area contributed by atoms with Crippen molar-refractivity contribution in [1.82, 2.24) is 50.1 Å². The molecule has 2 aliphatic carbocycles. The summed E-state index contributed by atoms with van der Waals surface area (Å²) in [7, 11) is 5.84. The third-order valence-electron chi connectivity index (χ3n) is 12.3. The smallest absolute Gasteiger partial charge is 0.227 e. The number of piperazine rings is 1. The Labute approximate surface area is 433 Å². The minimum absolute atomic E-state index is 0.0321. The van der Waals surface area contributed by atoms with Crippen LogP contribution in [0.3, 0.4) is 0 Å². The molecule has 3 fully saturated rings. The first kappa shape index (κ1) is 51.2. The summed E-state index contributed by atoms with van der Waals surface area (Å²) in [6.07, 6.45) is 2.54. The van der Waals surface area contributed by atoms with Gasteiger partial charge in [-0.15, -0.1) is 0 Å². The maximum atomic E-state index is 13.7. The van der Waals surface area contributed by atoms with Crippen LogP contribution in [0, 0.1) is 31.6 Å². The molecule has 1 aliphatic heterocycles. The summed E-state index contributed by atoms with van der Waals surface area (Å²) in [5.74, 6) is 4.17. The van der Waals surface area contributed by atoms with E-state index in [1.54, 1.807) is 7.11 Å². The highest BCUT2D eigenvalue weighted by atomic mass is 32.2. The Hall–Kier alpha value is -6.66. The summed E-state index contributed by atoms with van der Waals surface area (Å²) >= 11 is 2.81. The van der Waals surface area contributed by atoms with Gasteiger partial charge in [0.2, 0.25) is 23.3 Å². The van der Waals surface area contributed by atoms with Gasteiger partial charge >= 0.3 is 0 Å². The number of amides is 2. The second-order valence-electron chi connectivity index (χ2n) is 18.6. The van der Waals surface area contributed by atoms with Gasteiger partial charge in [-0.3, -0.25) is 24.7 Å². The zero-order valence-electron chi connectivity index (χ0n) is 42.1. The fourth-order valence-electron chi connectivity index (χ4n) is 8.05. The quantitative estimate of drug-likeness (QED) is 0.0220. The molecule has 1 saturated heterocycles. The number of hydrogen-bond donors (Lipinski definition) is 7. The number of hydrogen-bond acceptors (Lipinski definition) is 19. The van der Waals surface area contributed by atoms with Gasteiger partial charge in [-0.2, -0.15) is 10.2 Å². The Bertz CT molecular complexity index is 2820. The van der Waals surface area contributed by atoms with Crippen molar-refractivity contribution in [2.24, 2.45) is 17.8 Å². The number of nitrogens with zero attached hydrogens (tertiary/aromatic N) is 9. The summed E-state index contributed by atoms with van der Waals surface area (Å²) in [6, 6.07) is 19.1. The van der Waals surface area contributed by atoms with Gasteiger partial charge in [0.05, 0.1) is 19.8 Å². The molecule has 6 aromatic rings. The monoisotopic (exact) mass is 1030 g/mol. The molecule has 3 aliphatic rings. The van der Waals surface area contributed by atoms with Crippen molar-refractivity contribution in [3.05, 3.63) is 72.1 Å². The second kappa shape index (κ2) is 23.9. The molecule has 21 nitrogen and oxygen atoms in total. The maximum absolute atomic E-state index is 13.7. The third kappa shape index (κ3) is 14.1. The summed E-state index contributed by atoms with van der Waals surface area (Å²) < 4.78 is 18.1. The van der Waals surface area contributed by atoms with Crippen LogP contribution in [0.5, 0.6) is 11.5 Å². The van der Waals surface area contributed by atoms with E-state index in [9.17, 15) is 9.59 Å². The molecule has 2 saturated carbocycles. The number of aromatic nitrogens is 8. The van der Waals surface area contributed by atoms with Crippen LogP contribution in [0.15, 0.2) is 80.8 Å². The number of ether oxygens (including phenoxy) is 3. The number of aromatic amines is 2. The second-order valence-corrected chi connectivity index (χ2v) is 20.6. The van der Waals surface area contributed by atoms with Gasteiger partial charge in [0.25, 0.3) is 0 Å². The lowest BCUT2D eigenvalue weighted by Crippen LogP contribution is -2.48. The molecule has 0 spiro atoms. The normalized spacial score (nSPS) is 16.6. The Morgan fingerprint density at radius 1 is 0.753 bits per heavy atom. The number of methoxy groups -OCH3 is 1. The number of anilines is 8. The lowest BCUT2D eigenvalue weighted by molar-refractivity contribution is -0.118. The predicted molar refractivity (Wildman–Crippen MR) is 284 cm³/mol. The molecule has 73 heavy (non-hydrogen) atoms. The first-order chi connectivity index (χ1) is 35.5. The third-order valence-corrected chi connectivity index (χ3v) is 14.1. The highest BCUT2D eigenvalue weighted by Gasteiger charge is 2.44. The molecule has 386 valence electrons. The highest BCUT2D eigenvalue weighted by molar-refractivity contribution is 7.99. The molecule has 2 amide bonds. The van der Waals surface area contributed by atoms with E-state index in [1.807, 2.05) is 81.4 Å². The summed E-state index contributed by atoms with van der Waals surface area (Å²) in [4.78, 5) is 54.6. The van der Waals surface area contributed by atoms with E-state index in [2.05, 4.69) is 75.8 Å². The van der Waals surface area contributed by atoms with Crippen LogP contribution >= 0.6 is 23.5 Å². The predicted octanol–water partition coefficient (Wildman–Crippen LogP) is 7.26. The van der Waals surface area contributed by atoms with Gasteiger partial charge < -0.3 is 50.6 Å². The number of benzene rings is 2. The first-order valence-electron chi connectivity index (χ1n) is 24.7. The van der Waals surface area contributed by atoms with Gasteiger partial charge in [0.15, 0.2) is 45.2 Å². The van der Waals surface area contributed by atoms with Crippen LogP contribution in [-0.4, -0.2) is 149 Å². The maximum Gasteiger partial charge on any atom is 0.227 e. The van der Waals surface area contributed by atoms with Crippen LogP contribution in [0.1, 0.15) is 37.6 Å². The Balaban J connectivity index is 0.856. The zero-order valence-corrected chi connectivity index (χ0v) is 43.7. The summed E-state index contributed by atoms with van der Waals surface area (Å²) in [5.41, 5.74) is 3.22. The Kier molecular flexibility index (Phi) is 16.8. The van der Waals surface area contributed by atoms with Crippen LogP contribution in [0.2, 0.25) is 0 Å². The Morgan fingerprint density at radius 2 is 1.33 bits per heavy atom. The van der Waals surface area contributed by atoms with Gasteiger partial charge in [-0.05, 0) is 126 Å². The number of H-pyrrole nitrogens is 2. The molecule has 2 aromatic carbocycles. The largest absolute Gasteiger partial charge is 0.487 e. The molecule has 7 N–H and O–H groups in total. The lowest BCUT2D eigenvalue weighted by Gasteiger charge is -2.36. The number of aryl methyl sites for hydroxylation is 2. The fraction of sp³-hybridized carbons (Fsp3) is 0.440. The van der Waals surface area contributed by atoms with Crippen molar-refractivity contribution in [2.75, 3.05) is 118 Å². The number of nitrogens with one attached hydrogen (secondary N) is 7. The van der Waals surface area contributed by atoms with Gasteiger partial charge in [-0.25, -0.2) is 19.9 Å². The van der Waals surface area contributed by atoms with Crippen LogP contribution in [0.25, 0.3) is 0 Å². The highest BCUT2D eigenvalue weighted by Crippen LogP contribution is 2.43. The Morgan fingerprint density at radius 3 is 1.88 bits per heavy atom. The van der Waals surface area contributed by atoms with Crippen LogP contribution in [0.4, 0.5) is 46.3 Å². The standard InChI is InChI=1S/C50H64N16O5S2/c1-7-70-42-45(55-40-27-31(3)61-63-40)58-50(59-46(42)66-23-21-65(22-24-66)20-19-64(4)5)73-37-16-12-35(13-17-37)53-48(68)38-28-33(38)29-71-41-43(51-18-25-69-6)56-49(57-44(41)54-39-26-30(2)60-62-39)72-36-14-10-34(11-15-36)52-47(67)32-8-9-32/h10-17,26-27,32-33,38H,7-9,18-25,28-29H2,1-6H3,(H,52,67)(H,53,68)(H2,55,58,59,61,63)(H3,51,54,56,57,60,62). The molecule has 2 unspecified atom stereocenters. The topological polar surface area (TPSA) is 241 Å². The number of rotatable bonds is 25. The van der Waals surface area contributed by atoms with Crippen LogP contribution < -0.4 is 41.0 Å². The average molecular weight is 1030 g/mol. The lowest BCUT2D eigenvalue weighted by atomic mass is 10.2. The van der Waals surface area contributed by atoms with E-state index in [-0.39, 0.29) is 36.2 Å². The van der Waals surface area contributed by atoms with E-state index >= 15 is 0 Å². The van der Waals surface area contributed by atoms with Gasteiger partial charge in [0, 0.05) is 115 Å². The van der Waals surface area contributed by atoms with Crippen molar-refractivity contribution >= 4 is 81.6 Å². The number of likely N-dealkylation sites (N-methyl/N-ethyl adjacent to an activating group) is 1. The minimum atomic E-state index is -0.244. The molecular weight excluding hydrogens is 969 g/mol.